The summed E-state index contributed by atoms with van der Waals surface area (Å²) in [6.45, 7) is 0.567. The lowest BCUT2D eigenvalue weighted by Crippen LogP contribution is -2.17. The molecule has 0 bridgehead atoms. The van der Waals surface area contributed by atoms with E-state index in [1.54, 1.807) is 19.2 Å². The largest absolute Gasteiger partial charge is 0.481 e. The van der Waals surface area contributed by atoms with E-state index < -0.39 is 0 Å². The lowest BCUT2D eigenvalue weighted by molar-refractivity contribution is 0.397. The Morgan fingerprint density at radius 2 is 2.11 bits per heavy atom. The van der Waals surface area contributed by atoms with Crippen molar-refractivity contribution in [2.45, 2.75) is 6.54 Å². The summed E-state index contributed by atoms with van der Waals surface area (Å²) in [5.74, 6) is 0.998. The molecule has 1 heterocycles. The average molecular weight is 247 g/mol. The summed E-state index contributed by atoms with van der Waals surface area (Å²) in [6.07, 6.45) is 1.44. The van der Waals surface area contributed by atoms with Gasteiger partial charge < -0.3 is 9.64 Å². The van der Waals surface area contributed by atoms with Crippen molar-refractivity contribution in [2.24, 2.45) is 0 Å². The van der Waals surface area contributed by atoms with Crippen molar-refractivity contribution >= 4 is 5.82 Å². The lowest BCUT2D eigenvalue weighted by atomic mass is 10.2. The van der Waals surface area contributed by atoms with Gasteiger partial charge in [0, 0.05) is 19.7 Å². The Morgan fingerprint density at radius 3 is 2.83 bits per heavy atom. The monoisotopic (exact) mass is 247 g/mol. The van der Waals surface area contributed by atoms with Crippen LogP contribution >= 0.6 is 0 Å². The molecule has 1 aromatic carbocycles. The first-order valence-corrected chi connectivity index (χ1v) is 5.50. The first-order chi connectivity index (χ1) is 8.69. The van der Waals surface area contributed by atoms with Crippen LogP contribution in [0.3, 0.4) is 0 Å². The summed E-state index contributed by atoms with van der Waals surface area (Å²) in [6, 6.07) is 8.24. The van der Waals surface area contributed by atoms with Gasteiger partial charge in [0.2, 0.25) is 5.88 Å². The third-order valence-corrected chi connectivity index (χ3v) is 2.54. The highest BCUT2D eigenvalue weighted by molar-refractivity contribution is 5.40. The quantitative estimate of drug-likeness (QED) is 0.830. The lowest BCUT2D eigenvalue weighted by Gasteiger charge is -2.18. The van der Waals surface area contributed by atoms with Crippen molar-refractivity contribution in [3.8, 4) is 5.88 Å². The van der Waals surface area contributed by atoms with Gasteiger partial charge in [0.15, 0.2) is 0 Å². The van der Waals surface area contributed by atoms with Crippen molar-refractivity contribution in [2.75, 3.05) is 19.1 Å². The molecule has 0 saturated carbocycles. The van der Waals surface area contributed by atoms with Crippen LogP contribution in [0.5, 0.6) is 5.88 Å². The first-order valence-electron chi connectivity index (χ1n) is 5.50. The molecule has 5 heteroatoms. The highest BCUT2D eigenvalue weighted by Crippen LogP contribution is 2.16. The normalized spacial score (nSPS) is 10.2. The molecule has 2 aromatic rings. The number of halogens is 1. The number of ether oxygens (including phenoxy) is 1. The number of hydrogen-bond acceptors (Lipinski definition) is 4. The SMILES string of the molecule is COc1cc(N(C)Cc2cccc(F)c2)ncn1. The molecule has 0 aliphatic carbocycles. The van der Waals surface area contributed by atoms with Gasteiger partial charge in [-0.15, -0.1) is 0 Å². The molecule has 94 valence electrons. The Bertz CT molecular complexity index is 533. The molecule has 4 nitrogen and oxygen atoms in total. The molecular formula is C13H14FN3O. The maximum Gasteiger partial charge on any atom is 0.218 e. The van der Waals surface area contributed by atoms with Gasteiger partial charge in [-0.25, -0.2) is 14.4 Å². The van der Waals surface area contributed by atoms with E-state index in [9.17, 15) is 4.39 Å². The van der Waals surface area contributed by atoms with Gasteiger partial charge in [-0.05, 0) is 17.7 Å². The van der Waals surface area contributed by atoms with E-state index in [4.69, 9.17) is 4.74 Å². The first kappa shape index (κ1) is 12.3. The Balaban J connectivity index is 2.13. The van der Waals surface area contributed by atoms with Crippen molar-refractivity contribution in [3.63, 3.8) is 0 Å². The summed E-state index contributed by atoms with van der Waals surface area (Å²) in [7, 11) is 3.44. The zero-order valence-electron chi connectivity index (χ0n) is 10.3. The highest BCUT2D eigenvalue weighted by atomic mass is 19.1. The van der Waals surface area contributed by atoms with Crippen LogP contribution in [0.4, 0.5) is 10.2 Å². The topological polar surface area (TPSA) is 38.2 Å². The minimum atomic E-state index is -0.235. The minimum absolute atomic E-state index is 0.235. The van der Waals surface area contributed by atoms with Gasteiger partial charge in [0.1, 0.15) is 18.0 Å². The second-order valence-corrected chi connectivity index (χ2v) is 3.90. The van der Waals surface area contributed by atoms with Gasteiger partial charge in [0.25, 0.3) is 0 Å². The number of aromatic nitrogens is 2. The molecule has 0 saturated heterocycles. The molecule has 0 radical (unpaired) electrons. The van der Waals surface area contributed by atoms with E-state index in [0.29, 0.717) is 12.4 Å². The molecule has 0 N–H and O–H groups in total. The van der Waals surface area contributed by atoms with Crippen LogP contribution in [-0.4, -0.2) is 24.1 Å². The zero-order valence-corrected chi connectivity index (χ0v) is 10.3. The summed E-state index contributed by atoms with van der Waals surface area (Å²) in [4.78, 5) is 9.99. The van der Waals surface area contributed by atoms with Gasteiger partial charge >= 0.3 is 0 Å². The summed E-state index contributed by atoms with van der Waals surface area (Å²) in [5.41, 5.74) is 0.884. The number of benzene rings is 1. The number of rotatable bonds is 4. The van der Waals surface area contributed by atoms with Crippen molar-refractivity contribution < 1.29 is 9.13 Å². The molecule has 0 atom stereocenters. The Labute approximate surface area is 105 Å². The van der Waals surface area contributed by atoms with Crippen molar-refractivity contribution in [1.29, 1.82) is 0 Å². The average Bonchev–Trinajstić information content (AvgIpc) is 2.39. The Morgan fingerprint density at radius 1 is 1.28 bits per heavy atom. The molecule has 0 unspecified atom stereocenters. The van der Waals surface area contributed by atoms with Crippen LogP contribution in [-0.2, 0) is 6.54 Å². The molecule has 0 aliphatic heterocycles. The van der Waals surface area contributed by atoms with E-state index in [0.717, 1.165) is 11.4 Å². The molecule has 0 amide bonds. The van der Waals surface area contributed by atoms with Gasteiger partial charge in [0.05, 0.1) is 7.11 Å². The second-order valence-electron chi connectivity index (χ2n) is 3.90. The second kappa shape index (κ2) is 5.44. The summed E-state index contributed by atoms with van der Waals surface area (Å²) in [5, 5.41) is 0. The van der Waals surface area contributed by atoms with E-state index in [1.807, 2.05) is 18.0 Å². The van der Waals surface area contributed by atoms with Gasteiger partial charge in [-0.3, -0.25) is 0 Å². The third-order valence-electron chi connectivity index (χ3n) is 2.54. The zero-order chi connectivity index (χ0) is 13.0. The van der Waals surface area contributed by atoms with E-state index >= 15 is 0 Å². The number of nitrogens with zero attached hydrogens (tertiary/aromatic N) is 3. The molecular weight excluding hydrogens is 233 g/mol. The van der Waals surface area contributed by atoms with E-state index in [1.165, 1.54) is 18.5 Å². The molecule has 2 rings (SSSR count). The van der Waals surface area contributed by atoms with Crippen LogP contribution in [0.1, 0.15) is 5.56 Å². The van der Waals surface area contributed by atoms with E-state index in [2.05, 4.69) is 9.97 Å². The predicted molar refractivity (Wildman–Crippen MR) is 67.1 cm³/mol. The Hall–Kier alpha value is -2.17. The van der Waals surface area contributed by atoms with Crippen LogP contribution in [0.15, 0.2) is 36.7 Å². The highest BCUT2D eigenvalue weighted by Gasteiger charge is 2.06. The molecule has 1 aromatic heterocycles. The standard InChI is InChI=1S/C13H14FN3O/c1-17(8-10-4-3-5-11(14)6-10)12-7-13(18-2)16-9-15-12/h3-7,9H,8H2,1-2H3. The van der Waals surface area contributed by atoms with E-state index in [-0.39, 0.29) is 5.82 Å². The molecule has 0 aliphatic rings. The van der Waals surface area contributed by atoms with Crippen molar-refractivity contribution in [1.82, 2.24) is 9.97 Å². The molecule has 18 heavy (non-hydrogen) atoms. The van der Waals surface area contributed by atoms with Crippen molar-refractivity contribution in [3.05, 3.63) is 48.0 Å². The summed E-state index contributed by atoms with van der Waals surface area (Å²) >= 11 is 0. The van der Waals surface area contributed by atoms with Gasteiger partial charge in [-0.1, -0.05) is 12.1 Å². The van der Waals surface area contributed by atoms with Crippen LogP contribution in [0.2, 0.25) is 0 Å². The maximum absolute atomic E-state index is 13.1. The van der Waals surface area contributed by atoms with Crippen LogP contribution in [0, 0.1) is 5.82 Å². The van der Waals surface area contributed by atoms with Crippen LogP contribution < -0.4 is 9.64 Å². The number of anilines is 1. The third kappa shape index (κ3) is 2.94. The fraction of sp³-hybridized carbons (Fsp3) is 0.231. The predicted octanol–water partition coefficient (Wildman–Crippen LogP) is 2.26. The summed E-state index contributed by atoms with van der Waals surface area (Å²) < 4.78 is 18.1. The number of hydrogen-bond donors (Lipinski definition) is 0. The maximum atomic E-state index is 13.1. The van der Waals surface area contributed by atoms with Crippen LogP contribution in [0.25, 0.3) is 0 Å². The van der Waals surface area contributed by atoms with Gasteiger partial charge in [-0.2, -0.15) is 0 Å². The fourth-order valence-corrected chi connectivity index (χ4v) is 1.64. The minimum Gasteiger partial charge on any atom is -0.481 e. The molecule has 0 spiro atoms. The fourth-order valence-electron chi connectivity index (χ4n) is 1.64. The smallest absolute Gasteiger partial charge is 0.218 e. The molecule has 0 fully saturated rings. The number of methoxy groups -OCH3 is 1. The Kier molecular flexibility index (Phi) is 3.72.